The number of benzene rings is 1. The second kappa shape index (κ2) is 6.03. The summed E-state index contributed by atoms with van der Waals surface area (Å²) in [5.41, 5.74) is 0.482. The molecule has 1 aromatic carbocycles. The largest absolute Gasteiger partial charge is 0.321 e. The van der Waals surface area contributed by atoms with Crippen LogP contribution in [-0.4, -0.2) is 25.4 Å². The molecule has 0 atom stereocenters. The van der Waals surface area contributed by atoms with E-state index in [4.69, 9.17) is 5.26 Å². The van der Waals surface area contributed by atoms with Crippen LogP contribution in [0.25, 0.3) is 5.95 Å². The number of aromatic nitrogens is 4. The molecule has 0 aliphatic carbocycles. The molecule has 0 fully saturated rings. The van der Waals surface area contributed by atoms with Gasteiger partial charge in [0.2, 0.25) is 5.95 Å². The molecule has 0 unspecified atom stereocenters. The Morgan fingerprint density at radius 2 is 2.04 bits per heavy atom. The highest BCUT2D eigenvalue weighted by Gasteiger charge is 2.13. The molecular weight excluding hydrogens is 299 g/mol. The number of imidazole rings is 1. The maximum Gasteiger partial charge on any atom is 0.274 e. The number of hydrogen-bond acceptors (Lipinski definition) is 5. The van der Waals surface area contributed by atoms with Gasteiger partial charge in [-0.15, -0.1) is 0 Å². The topological polar surface area (TPSA) is 96.5 Å². The fourth-order valence-corrected chi connectivity index (χ4v) is 1.83. The van der Waals surface area contributed by atoms with Crippen LogP contribution in [-0.2, 0) is 0 Å². The van der Waals surface area contributed by atoms with Crippen LogP contribution < -0.4 is 5.32 Å². The molecule has 2 heterocycles. The third-order valence-electron chi connectivity index (χ3n) is 2.90. The van der Waals surface area contributed by atoms with Gasteiger partial charge < -0.3 is 5.32 Å². The van der Waals surface area contributed by atoms with Crippen molar-refractivity contribution < 1.29 is 9.18 Å². The lowest BCUT2D eigenvalue weighted by atomic mass is 10.2. The standard InChI is InChI=1S/C15H9FN6O/c16-10-1-3-11(4-2-10)19-14(23)13-7-12(8-17)20-15(21-13)22-6-5-18-9-22/h1-7,9H,(H,19,23). The summed E-state index contributed by atoms with van der Waals surface area (Å²) < 4.78 is 14.4. The highest BCUT2D eigenvalue weighted by Crippen LogP contribution is 2.11. The van der Waals surface area contributed by atoms with Crippen molar-refractivity contribution in [3.05, 3.63) is 66.3 Å². The Morgan fingerprint density at radius 3 is 2.70 bits per heavy atom. The van der Waals surface area contributed by atoms with E-state index in [1.807, 2.05) is 6.07 Å². The Bertz CT molecular complexity index is 883. The lowest BCUT2D eigenvalue weighted by Gasteiger charge is -2.07. The molecule has 8 heteroatoms. The van der Waals surface area contributed by atoms with Gasteiger partial charge in [-0.2, -0.15) is 5.26 Å². The van der Waals surface area contributed by atoms with Crippen molar-refractivity contribution in [2.75, 3.05) is 5.32 Å². The van der Waals surface area contributed by atoms with Gasteiger partial charge in [0.25, 0.3) is 5.91 Å². The van der Waals surface area contributed by atoms with E-state index in [0.29, 0.717) is 5.69 Å². The quantitative estimate of drug-likeness (QED) is 0.797. The van der Waals surface area contributed by atoms with Crippen molar-refractivity contribution in [2.45, 2.75) is 0 Å². The maximum absolute atomic E-state index is 12.9. The minimum absolute atomic E-state index is 0.0181. The molecule has 0 saturated heterocycles. The summed E-state index contributed by atoms with van der Waals surface area (Å²) >= 11 is 0. The molecule has 0 bridgehead atoms. The van der Waals surface area contributed by atoms with E-state index < -0.39 is 11.7 Å². The molecule has 2 aromatic heterocycles. The van der Waals surface area contributed by atoms with Gasteiger partial charge >= 0.3 is 0 Å². The molecule has 0 aliphatic heterocycles. The second-order valence-electron chi connectivity index (χ2n) is 4.48. The molecule has 0 saturated carbocycles. The molecule has 0 aliphatic rings. The fourth-order valence-electron chi connectivity index (χ4n) is 1.83. The van der Waals surface area contributed by atoms with Crippen LogP contribution >= 0.6 is 0 Å². The Labute approximate surface area is 130 Å². The van der Waals surface area contributed by atoms with E-state index in [0.717, 1.165) is 0 Å². The van der Waals surface area contributed by atoms with Gasteiger partial charge in [-0.3, -0.25) is 9.36 Å². The molecule has 0 spiro atoms. The lowest BCUT2D eigenvalue weighted by Crippen LogP contribution is -2.16. The minimum Gasteiger partial charge on any atom is -0.321 e. The van der Waals surface area contributed by atoms with Gasteiger partial charge in [0.1, 0.15) is 29.6 Å². The first-order valence-corrected chi connectivity index (χ1v) is 6.50. The van der Waals surface area contributed by atoms with E-state index >= 15 is 0 Å². The van der Waals surface area contributed by atoms with Gasteiger partial charge in [0, 0.05) is 24.1 Å². The number of nitrogens with one attached hydrogen (secondary N) is 1. The number of carbonyl (C=O) groups is 1. The van der Waals surface area contributed by atoms with Crippen LogP contribution in [0, 0.1) is 17.1 Å². The summed E-state index contributed by atoms with van der Waals surface area (Å²) in [5.74, 6) is -0.776. The number of anilines is 1. The van der Waals surface area contributed by atoms with Crippen molar-refractivity contribution in [1.82, 2.24) is 19.5 Å². The molecule has 7 nitrogen and oxygen atoms in total. The van der Waals surface area contributed by atoms with E-state index in [2.05, 4.69) is 20.3 Å². The first kappa shape index (κ1) is 14.3. The number of hydrogen-bond donors (Lipinski definition) is 1. The summed E-state index contributed by atoms with van der Waals surface area (Å²) in [4.78, 5) is 24.3. The summed E-state index contributed by atoms with van der Waals surface area (Å²) in [6, 6.07) is 8.47. The van der Waals surface area contributed by atoms with Gasteiger partial charge in [-0.1, -0.05) is 0 Å². The monoisotopic (exact) mass is 308 g/mol. The van der Waals surface area contributed by atoms with Crippen molar-refractivity contribution in [2.24, 2.45) is 0 Å². The van der Waals surface area contributed by atoms with Gasteiger partial charge in [-0.25, -0.2) is 19.3 Å². The first-order chi connectivity index (χ1) is 11.2. The predicted octanol–water partition coefficient (Wildman–Crippen LogP) is 1.93. The Balaban J connectivity index is 1.92. The number of nitrogens with zero attached hydrogens (tertiary/aromatic N) is 5. The lowest BCUT2D eigenvalue weighted by molar-refractivity contribution is 0.102. The smallest absolute Gasteiger partial charge is 0.274 e. The van der Waals surface area contributed by atoms with Crippen LogP contribution in [0.5, 0.6) is 0 Å². The number of amides is 1. The second-order valence-corrected chi connectivity index (χ2v) is 4.48. The third-order valence-corrected chi connectivity index (χ3v) is 2.90. The predicted molar refractivity (Wildman–Crippen MR) is 78.2 cm³/mol. The highest BCUT2D eigenvalue weighted by molar-refractivity contribution is 6.03. The van der Waals surface area contributed by atoms with Gasteiger partial charge in [0.15, 0.2) is 0 Å². The fraction of sp³-hybridized carbons (Fsp3) is 0. The molecule has 3 aromatic rings. The number of rotatable bonds is 3. The molecular formula is C15H9FN6O. The summed E-state index contributed by atoms with van der Waals surface area (Å²) in [5, 5.41) is 11.6. The van der Waals surface area contributed by atoms with E-state index in [1.54, 1.807) is 6.20 Å². The van der Waals surface area contributed by atoms with Crippen LogP contribution in [0.3, 0.4) is 0 Å². The van der Waals surface area contributed by atoms with E-state index in [1.165, 1.54) is 47.4 Å². The summed E-state index contributed by atoms with van der Waals surface area (Å²) in [7, 11) is 0. The third kappa shape index (κ3) is 3.19. The number of carbonyl (C=O) groups excluding carboxylic acids is 1. The van der Waals surface area contributed by atoms with Crippen molar-refractivity contribution in [3.63, 3.8) is 0 Å². The van der Waals surface area contributed by atoms with Crippen LogP contribution in [0.15, 0.2) is 49.1 Å². The minimum atomic E-state index is -0.531. The maximum atomic E-state index is 12.9. The summed E-state index contributed by atoms with van der Waals surface area (Å²) in [6.45, 7) is 0. The highest BCUT2D eigenvalue weighted by atomic mass is 19.1. The Morgan fingerprint density at radius 1 is 1.26 bits per heavy atom. The molecule has 23 heavy (non-hydrogen) atoms. The normalized spacial score (nSPS) is 10.1. The van der Waals surface area contributed by atoms with Crippen LogP contribution in [0.2, 0.25) is 0 Å². The van der Waals surface area contributed by atoms with Gasteiger partial charge in [0.05, 0.1) is 0 Å². The molecule has 1 N–H and O–H groups in total. The zero-order valence-electron chi connectivity index (χ0n) is 11.6. The first-order valence-electron chi connectivity index (χ1n) is 6.50. The summed E-state index contributed by atoms with van der Waals surface area (Å²) in [6.07, 6.45) is 4.58. The molecule has 112 valence electrons. The van der Waals surface area contributed by atoms with Crippen molar-refractivity contribution >= 4 is 11.6 Å². The Kier molecular flexibility index (Phi) is 3.76. The van der Waals surface area contributed by atoms with Crippen LogP contribution in [0.1, 0.15) is 16.2 Å². The molecule has 0 radical (unpaired) electrons. The van der Waals surface area contributed by atoms with Crippen molar-refractivity contribution in [3.8, 4) is 12.0 Å². The van der Waals surface area contributed by atoms with Crippen LogP contribution in [0.4, 0.5) is 10.1 Å². The zero-order chi connectivity index (χ0) is 16.2. The SMILES string of the molecule is N#Cc1cc(C(=O)Nc2ccc(F)cc2)nc(-n2ccnc2)n1. The number of nitriles is 1. The Hall–Kier alpha value is -3.60. The van der Waals surface area contributed by atoms with Gasteiger partial charge in [-0.05, 0) is 24.3 Å². The molecule has 1 amide bonds. The number of halogens is 1. The van der Waals surface area contributed by atoms with Crippen molar-refractivity contribution in [1.29, 1.82) is 5.26 Å². The average Bonchev–Trinajstić information content (AvgIpc) is 3.11. The van der Waals surface area contributed by atoms with E-state index in [-0.39, 0.29) is 17.3 Å². The zero-order valence-corrected chi connectivity index (χ0v) is 11.6. The average molecular weight is 308 g/mol. The molecule has 3 rings (SSSR count). The van der Waals surface area contributed by atoms with E-state index in [9.17, 15) is 9.18 Å².